The third-order valence-electron chi connectivity index (χ3n) is 0. The van der Waals surface area contributed by atoms with E-state index in [1.54, 1.807) is 0 Å². The molecule has 0 amide bonds. The summed E-state index contributed by atoms with van der Waals surface area (Å²) in [5, 5.41) is 0. The van der Waals surface area contributed by atoms with Crippen LogP contribution in [0.3, 0.4) is 0 Å². The van der Waals surface area contributed by atoms with Crippen LogP contribution in [0.5, 0.6) is 0 Å². The average Bonchev–Trinajstić information content (AvgIpc) is 0. The fourth-order valence-corrected chi connectivity index (χ4v) is 0. The van der Waals surface area contributed by atoms with Gasteiger partial charge in [0.25, 0.3) is 0 Å². The van der Waals surface area contributed by atoms with Gasteiger partial charge in [-0.2, -0.15) is 0 Å². The van der Waals surface area contributed by atoms with E-state index in [0.717, 1.165) is 0 Å². The first kappa shape index (κ1) is 37.8. The second-order valence-electron chi connectivity index (χ2n) is 0. The van der Waals surface area contributed by atoms with Crippen LogP contribution in [-0.4, -0.2) is 75.6 Å². The molecule has 0 fully saturated rings. The van der Waals surface area contributed by atoms with E-state index in [0.29, 0.717) is 0 Å². The van der Waals surface area contributed by atoms with E-state index < -0.39 is 0 Å². The molecule has 0 heterocycles. The largest absolute Gasteiger partial charge is 0 e. The van der Waals surface area contributed by atoms with Crippen molar-refractivity contribution >= 4 is 75.6 Å². The van der Waals surface area contributed by atoms with Gasteiger partial charge in [-0.15, -0.1) is 0 Å². The van der Waals surface area contributed by atoms with Crippen molar-refractivity contribution in [1.82, 2.24) is 0 Å². The predicted octanol–water partition coefficient (Wildman–Crippen LogP) is -1.15. The first-order valence-electron chi connectivity index (χ1n) is 0. The second kappa shape index (κ2) is 25.3. The van der Waals surface area contributed by atoms with E-state index in [4.69, 9.17) is 0 Å². The molecule has 0 nitrogen and oxygen atoms in total. The zero-order chi connectivity index (χ0) is 0. The molecule has 0 saturated carbocycles. The molecule has 0 aliphatic carbocycles. The SMILES string of the molecule is [In].[In].[Mn].[Sn].[Zn]. The molecule has 0 unspecified atom stereocenters. The van der Waals surface area contributed by atoms with E-state index >= 15 is 0 Å². The molecule has 0 aliphatic heterocycles. The van der Waals surface area contributed by atoms with E-state index in [9.17, 15) is 0 Å². The van der Waals surface area contributed by atoms with Crippen LogP contribution >= 0.6 is 0 Å². The van der Waals surface area contributed by atoms with Crippen LogP contribution in [0, 0.1) is 0 Å². The Morgan fingerprint density at radius 2 is 0.800 bits per heavy atom. The van der Waals surface area contributed by atoms with Crippen LogP contribution in [0.2, 0.25) is 0 Å². The smallest absolute Gasteiger partial charge is 0 e. The number of hydrogen-bond acceptors (Lipinski definition) is 0. The van der Waals surface area contributed by atoms with Gasteiger partial charge in [-0.25, -0.2) is 0 Å². The summed E-state index contributed by atoms with van der Waals surface area (Å²) >= 11 is 0. The Labute approximate surface area is 110 Å². The molecule has 0 aromatic heterocycles. The summed E-state index contributed by atoms with van der Waals surface area (Å²) in [6.45, 7) is 0. The summed E-state index contributed by atoms with van der Waals surface area (Å²) in [5.74, 6) is 0. The Kier molecular flexibility index (Phi) is 191. The maximum absolute atomic E-state index is 0. The Morgan fingerprint density at radius 3 is 0.800 bits per heavy atom. The minimum atomic E-state index is 0. The summed E-state index contributed by atoms with van der Waals surface area (Å²) in [6, 6.07) is 0. The topological polar surface area (TPSA) is 0 Å². The standard InChI is InChI=1S/2In.Mn.Sn.Zn. The molecule has 11 radical (unpaired) electrons. The zero-order valence-electron chi connectivity index (χ0n) is 2.74. The van der Waals surface area contributed by atoms with E-state index in [1.165, 1.54) is 0 Å². The molecule has 0 atom stereocenters. The van der Waals surface area contributed by atoms with Gasteiger partial charge in [0.2, 0.25) is 0 Å². The summed E-state index contributed by atoms with van der Waals surface area (Å²) in [6.07, 6.45) is 0. The van der Waals surface area contributed by atoms with Crippen molar-refractivity contribution in [3.05, 3.63) is 0 Å². The van der Waals surface area contributed by atoms with Gasteiger partial charge in [0.05, 0.1) is 0 Å². The predicted molar refractivity (Wildman–Crippen MR) is 17.3 cm³/mol. The van der Waals surface area contributed by atoms with E-state index in [1.807, 2.05) is 0 Å². The van der Waals surface area contributed by atoms with E-state index in [2.05, 4.69) is 0 Å². The molecule has 0 aliphatic rings. The Bertz CT molecular complexity index is 9.61. The first-order valence-corrected chi connectivity index (χ1v) is 0. The molecular weight excluding hydrogens is 469 g/mol. The molecule has 19 valence electrons. The van der Waals surface area contributed by atoms with Crippen molar-refractivity contribution in [2.75, 3.05) is 0 Å². The zero-order valence-corrected chi connectivity index (χ0v) is 16.3. The van der Waals surface area contributed by atoms with Crippen molar-refractivity contribution in [2.24, 2.45) is 0 Å². The minimum absolute atomic E-state index is 0. The molecule has 5 heteroatoms. The maximum Gasteiger partial charge on any atom is 0 e. The molecule has 0 N–H and O–H groups in total. The van der Waals surface area contributed by atoms with Crippen molar-refractivity contribution in [2.45, 2.75) is 0 Å². The van der Waals surface area contributed by atoms with Crippen molar-refractivity contribution in [1.29, 1.82) is 0 Å². The van der Waals surface area contributed by atoms with Gasteiger partial charge >= 0.3 is 0 Å². The first-order chi connectivity index (χ1) is 0. The van der Waals surface area contributed by atoms with Crippen LogP contribution in [0.4, 0.5) is 0 Å². The summed E-state index contributed by atoms with van der Waals surface area (Å²) in [5.41, 5.74) is 0. The summed E-state index contributed by atoms with van der Waals surface area (Å²) in [4.78, 5) is 0. The summed E-state index contributed by atoms with van der Waals surface area (Å²) in [7, 11) is 0. The summed E-state index contributed by atoms with van der Waals surface area (Å²) < 4.78 is 0. The van der Waals surface area contributed by atoms with Crippen molar-refractivity contribution in [3.8, 4) is 0 Å². The monoisotopic (exact) mass is 469 g/mol. The number of rotatable bonds is 0. The normalized spacial score (nSPS) is 0. The van der Waals surface area contributed by atoms with Gasteiger partial charge in [-0.05, 0) is 0 Å². The van der Waals surface area contributed by atoms with Gasteiger partial charge in [0.15, 0.2) is 0 Å². The fourth-order valence-electron chi connectivity index (χ4n) is 0. The Morgan fingerprint density at radius 1 is 0.800 bits per heavy atom. The minimum Gasteiger partial charge on any atom is 0 e. The Balaban J connectivity index is 0. The van der Waals surface area contributed by atoms with Crippen LogP contribution in [-0.2, 0) is 36.5 Å². The van der Waals surface area contributed by atoms with Crippen LogP contribution in [0.15, 0.2) is 0 Å². The quantitative estimate of drug-likeness (QED) is 0.394. The van der Waals surface area contributed by atoms with Gasteiger partial charge in [0.1, 0.15) is 0 Å². The molecular formula is In2MnSnZn. The molecule has 0 aromatic carbocycles. The third-order valence-corrected chi connectivity index (χ3v) is 0. The average molecular weight is 469 g/mol. The molecule has 0 rings (SSSR count). The molecule has 0 spiro atoms. The van der Waals surface area contributed by atoms with Gasteiger partial charge in [0, 0.05) is 112 Å². The molecule has 5 heavy (non-hydrogen) atoms. The van der Waals surface area contributed by atoms with Gasteiger partial charge < -0.3 is 0 Å². The van der Waals surface area contributed by atoms with Crippen LogP contribution in [0.1, 0.15) is 0 Å². The van der Waals surface area contributed by atoms with Crippen LogP contribution < -0.4 is 0 Å². The third kappa shape index (κ3) is 18.3. The van der Waals surface area contributed by atoms with Gasteiger partial charge in [-0.3, -0.25) is 0 Å². The fraction of sp³-hybridized carbons (Fsp3) is 0. The van der Waals surface area contributed by atoms with Crippen molar-refractivity contribution in [3.63, 3.8) is 0 Å². The second-order valence-corrected chi connectivity index (χ2v) is 0. The van der Waals surface area contributed by atoms with Crippen molar-refractivity contribution < 1.29 is 36.5 Å². The number of hydrogen-bond donors (Lipinski definition) is 0. The van der Waals surface area contributed by atoms with Crippen LogP contribution in [0.25, 0.3) is 0 Å². The molecule has 0 aromatic rings. The van der Waals surface area contributed by atoms with Gasteiger partial charge in [-0.1, -0.05) is 0 Å². The maximum atomic E-state index is 0. The molecule has 0 saturated heterocycles. The Hall–Kier alpha value is 3.68. The molecule has 0 bridgehead atoms. The van der Waals surface area contributed by atoms with E-state index in [-0.39, 0.29) is 112 Å².